The molecular weight excluding hydrogens is 556 g/mol. The van der Waals surface area contributed by atoms with Gasteiger partial charge in [0.1, 0.15) is 0 Å². The minimum atomic E-state index is -3.77. The SMILES string of the molecule is CCOC(=O)c1ccc2c(C(=Nc3ccc(N(C(C=O)N4CCCC4)S(C)(=O)=O)cc3)c3ccccc3)c(O)[nH]c2c1. The maximum Gasteiger partial charge on any atom is 0.338 e. The number of benzene rings is 3. The summed E-state index contributed by atoms with van der Waals surface area (Å²) in [6.07, 6.45) is 2.64. The summed E-state index contributed by atoms with van der Waals surface area (Å²) < 4.78 is 31.9. The minimum Gasteiger partial charge on any atom is -0.494 e. The summed E-state index contributed by atoms with van der Waals surface area (Å²) in [4.78, 5) is 34.0. The van der Waals surface area contributed by atoms with E-state index < -0.39 is 22.2 Å². The maximum atomic E-state index is 12.8. The van der Waals surface area contributed by atoms with Crippen molar-refractivity contribution in [2.45, 2.75) is 25.9 Å². The van der Waals surface area contributed by atoms with E-state index >= 15 is 0 Å². The van der Waals surface area contributed by atoms with Crippen molar-refractivity contribution in [1.82, 2.24) is 9.88 Å². The highest BCUT2D eigenvalue weighted by Gasteiger charge is 2.33. The summed E-state index contributed by atoms with van der Waals surface area (Å²) >= 11 is 0. The molecule has 0 saturated carbocycles. The number of hydrogen-bond acceptors (Lipinski definition) is 8. The Bertz CT molecular complexity index is 1730. The molecule has 1 aliphatic heterocycles. The number of nitrogens with zero attached hydrogens (tertiary/aromatic N) is 3. The van der Waals surface area contributed by atoms with Gasteiger partial charge in [-0.2, -0.15) is 0 Å². The first-order valence-electron chi connectivity index (χ1n) is 13.7. The van der Waals surface area contributed by atoms with Gasteiger partial charge in [0, 0.05) is 29.6 Å². The van der Waals surface area contributed by atoms with Crippen LogP contribution in [0.1, 0.15) is 41.3 Å². The van der Waals surface area contributed by atoms with Crippen molar-refractivity contribution >= 4 is 50.3 Å². The molecule has 1 fully saturated rings. The van der Waals surface area contributed by atoms with E-state index in [0.29, 0.717) is 58.5 Å². The second kappa shape index (κ2) is 12.2. The highest BCUT2D eigenvalue weighted by Crippen LogP contribution is 2.33. The molecule has 1 aromatic heterocycles. The van der Waals surface area contributed by atoms with Gasteiger partial charge in [-0.05, 0) is 56.2 Å². The van der Waals surface area contributed by atoms with Crippen molar-refractivity contribution in [3.05, 3.63) is 89.5 Å². The fraction of sp³-hybridized carbons (Fsp3) is 0.258. The number of sulfonamides is 1. The lowest BCUT2D eigenvalue weighted by Gasteiger charge is -2.33. The molecule has 2 N–H and O–H groups in total. The maximum absolute atomic E-state index is 12.8. The standard InChI is InChI=1S/C31H32N4O6S/c1-3-41-31(38)22-11-16-25-26(19-22)33-30(37)28(25)29(21-9-5-4-6-10-21)32-23-12-14-24(15-13-23)35(42(2,39)40)27(20-36)34-17-7-8-18-34/h4-6,9-16,19-20,27,33,37H,3,7-8,17-18H2,1-2H3. The Morgan fingerprint density at radius 1 is 1.07 bits per heavy atom. The second-order valence-electron chi connectivity index (χ2n) is 10.0. The van der Waals surface area contributed by atoms with Crippen LogP contribution in [-0.4, -0.2) is 73.5 Å². The first-order chi connectivity index (χ1) is 20.2. The molecule has 11 heteroatoms. The van der Waals surface area contributed by atoms with Gasteiger partial charge in [-0.1, -0.05) is 36.4 Å². The van der Waals surface area contributed by atoms with Crippen LogP contribution in [0, 0.1) is 0 Å². The topological polar surface area (TPSA) is 132 Å². The number of aromatic amines is 1. The number of likely N-dealkylation sites (tertiary alicyclic amines) is 1. The number of aliphatic imine (C=N–C) groups is 1. The number of anilines is 1. The molecule has 0 spiro atoms. The average Bonchev–Trinajstić information content (AvgIpc) is 3.62. The van der Waals surface area contributed by atoms with Crippen molar-refractivity contribution < 1.29 is 27.9 Å². The van der Waals surface area contributed by atoms with Gasteiger partial charge in [0.2, 0.25) is 10.0 Å². The molecule has 1 atom stereocenters. The van der Waals surface area contributed by atoms with Crippen molar-refractivity contribution in [2.75, 3.05) is 30.3 Å². The molecule has 3 aromatic carbocycles. The molecule has 218 valence electrons. The molecule has 0 bridgehead atoms. The van der Waals surface area contributed by atoms with E-state index in [0.717, 1.165) is 29.0 Å². The van der Waals surface area contributed by atoms with Crippen LogP contribution < -0.4 is 4.31 Å². The fourth-order valence-corrected chi connectivity index (χ4v) is 6.34. The lowest BCUT2D eigenvalue weighted by Crippen LogP contribution is -2.51. The number of ether oxygens (including phenoxy) is 1. The van der Waals surface area contributed by atoms with E-state index in [2.05, 4.69) is 4.98 Å². The molecule has 0 aliphatic carbocycles. The summed E-state index contributed by atoms with van der Waals surface area (Å²) in [5, 5.41) is 11.7. The Balaban J connectivity index is 1.57. The van der Waals surface area contributed by atoms with Crippen molar-refractivity contribution in [2.24, 2.45) is 4.99 Å². The number of rotatable bonds is 10. The molecule has 0 amide bonds. The predicted molar refractivity (Wildman–Crippen MR) is 162 cm³/mol. The van der Waals surface area contributed by atoms with E-state index in [1.165, 1.54) is 0 Å². The molecule has 42 heavy (non-hydrogen) atoms. The van der Waals surface area contributed by atoms with Gasteiger partial charge >= 0.3 is 5.97 Å². The predicted octanol–water partition coefficient (Wildman–Crippen LogP) is 4.61. The van der Waals surface area contributed by atoms with Crippen molar-refractivity contribution in [3.63, 3.8) is 0 Å². The van der Waals surface area contributed by atoms with Crippen LogP contribution in [0.3, 0.4) is 0 Å². The van der Waals surface area contributed by atoms with E-state index in [4.69, 9.17) is 9.73 Å². The molecule has 1 saturated heterocycles. The van der Waals surface area contributed by atoms with Gasteiger partial charge < -0.3 is 14.8 Å². The number of esters is 1. The summed E-state index contributed by atoms with van der Waals surface area (Å²) in [5.41, 5.74) is 3.40. The molecule has 1 aliphatic rings. The van der Waals surface area contributed by atoms with E-state index in [1.807, 2.05) is 35.2 Å². The average molecular weight is 589 g/mol. The summed E-state index contributed by atoms with van der Waals surface area (Å²) in [6.45, 7) is 3.27. The Labute approximate surface area is 244 Å². The second-order valence-corrected chi connectivity index (χ2v) is 11.9. The van der Waals surface area contributed by atoms with Crippen LogP contribution in [0.4, 0.5) is 11.4 Å². The van der Waals surface area contributed by atoms with Crippen molar-refractivity contribution in [3.8, 4) is 5.88 Å². The van der Waals surface area contributed by atoms with Gasteiger partial charge in [-0.3, -0.25) is 9.69 Å². The minimum absolute atomic E-state index is 0.118. The molecule has 10 nitrogen and oxygen atoms in total. The Morgan fingerprint density at radius 3 is 2.38 bits per heavy atom. The van der Waals surface area contributed by atoms with Gasteiger partial charge in [-0.15, -0.1) is 0 Å². The highest BCUT2D eigenvalue weighted by molar-refractivity contribution is 7.92. The molecule has 1 unspecified atom stereocenters. The van der Waals surface area contributed by atoms with Crippen LogP contribution in [-0.2, 0) is 19.6 Å². The number of aldehydes is 1. The quantitative estimate of drug-likeness (QED) is 0.157. The fourth-order valence-electron chi connectivity index (χ4n) is 5.26. The van der Waals surface area contributed by atoms with E-state index in [1.54, 1.807) is 49.4 Å². The van der Waals surface area contributed by atoms with E-state index in [9.17, 15) is 23.1 Å². The third kappa shape index (κ3) is 5.93. The van der Waals surface area contributed by atoms with Crippen LogP contribution in [0.2, 0.25) is 0 Å². The zero-order valence-electron chi connectivity index (χ0n) is 23.4. The lowest BCUT2D eigenvalue weighted by atomic mass is 10.00. The zero-order chi connectivity index (χ0) is 29.9. The molecule has 0 radical (unpaired) electrons. The third-order valence-electron chi connectivity index (χ3n) is 7.15. The monoisotopic (exact) mass is 588 g/mol. The number of carbonyl (C=O) groups excluding carboxylic acids is 2. The largest absolute Gasteiger partial charge is 0.494 e. The third-order valence-corrected chi connectivity index (χ3v) is 8.29. The number of aromatic nitrogens is 1. The number of aromatic hydroxyl groups is 1. The summed E-state index contributed by atoms with van der Waals surface area (Å²) in [6, 6.07) is 20.9. The number of hydrogen-bond donors (Lipinski definition) is 2. The molecule has 5 rings (SSSR count). The highest BCUT2D eigenvalue weighted by atomic mass is 32.2. The lowest BCUT2D eigenvalue weighted by molar-refractivity contribution is -0.111. The number of fused-ring (bicyclic) bond motifs is 1. The van der Waals surface area contributed by atoms with Crippen LogP contribution >= 0.6 is 0 Å². The Morgan fingerprint density at radius 2 is 1.76 bits per heavy atom. The zero-order valence-corrected chi connectivity index (χ0v) is 24.2. The molecular formula is C31H32N4O6S. The van der Waals surface area contributed by atoms with Gasteiger partial charge in [0.25, 0.3) is 0 Å². The molecule has 4 aromatic rings. The Kier molecular flexibility index (Phi) is 8.41. The number of carbonyl (C=O) groups is 2. The normalized spacial score (nSPS) is 15.0. The number of H-pyrrole nitrogens is 1. The van der Waals surface area contributed by atoms with Gasteiger partial charge in [-0.25, -0.2) is 22.5 Å². The van der Waals surface area contributed by atoms with Gasteiger partial charge in [0.05, 0.1) is 41.1 Å². The smallest absolute Gasteiger partial charge is 0.338 e. The molecule has 2 heterocycles. The van der Waals surface area contributed by atoms with Gasteiger partial charge in [0.15, 0.2) is 18.3 Å². The van der Waals surface area contributed by atoms with Crippen LogP contribution in [0.25, 0.3) is 10.9 Å². The first-order valence-corrected chi connectivity index (χ1v) is 15.5. The summed E-state index contributed by atoms with van der Waals surface area (Å²) in [5.74, 6) is -0.579. The first kappa shape index (κ1) is 29.0. The van der Waals surface area contributed by atoms with E-state index in [-0.39, 0.29) is 12.5 Å². The van der Waals surface area contributed by atoms with Crippen LogP contribution in [0.5, 0.6) is 5.88 Å². The summed E-state index contributed by atoms with van der Waals surface area (Å²) in [7, 11) is -3.77. The van der Waals surface area contributed by atoms with Crippen LogP contribution in [0.15, 0.2) is 77.8 Å². The number of nitrogens with one attached hydrogen (secondary N) is 1. The Hall–Kier alpha value is -4.48. The van der Waals surface area contributed by atoms with Crippen molar-refractivity contribution in [1.29, 1.82) is 0 Å².